The van der Waals surface area contributed by atoms with E-state index in [0.717, 1.165) is 14.9 Å². The van der Waals surface area contributed by atoms with Gasteiger partial charge in [0, 0.05) is 43.0 Å². The highest BCUT2D eigenvalue weighted by molar-refractivity contribution is 8.00. The van der Waals surface area contributed by atoms with Crippen molar-refractivity contribution in [1.29, 1.82) is 0 Å². The van der Waals surface area contributed by atoms with E-state index in [0.29, 0.717) is 114 Å². The number of anilines is 2. The number of amides is 5. The molecule has 2 saturated heterocycles. The molecule has 19 heteroatoms. The number of aromatic nitrogens is 2. The molecule has 0 saturated carbocycles. The highest BCUT2D eigenvalue weighted by Gasteiger charge is 2.45. The molecule has 5 amide bonds. The Kier molecular flexibility index (Phi) is 16.0. The molecule has 0 radical (unpaired) electrons. The quantitative estimate of drug-likeness (QED) is 0.0731. The van der Waals surface area contributed by atoms with E-state index in [4.69, 9.17) is 18.6 Å². The maximum absolute atomic E-state index is 13.2. The molecule has 17 nitrogen and oxygen atoms in total. The Balaban J connectivity index is 0.749. The zero-order valence-corrected chi connectivity index (χ0v) is 35.9. The minimum absolute atomic E-state index is 0.0362. The van der Waals surface area contributed by atoms with Crippen LogP contribution in [0.15, 0.2) is 39.2 Å². The minimum Gasteiger partial charge on any atom is -0.444 e. The van der Waals surface area contributed by atoms with Crippen LogP contribution in [-0.4, -0.2) is 127 Å². The third-order valence-corrected chi connectivity index (χ3v) is 12.3. The molecule has 1 aromatic carbocycles. The summed E-state index contributed by atoms with van der Waals surface area (Å²) < 4.78 is 23.6. The molecule has 5 heterocycles. The fourth-order valence-corrected chi connectivity index (χ4v) is 8.69. The molecule has 0 spiro atoms. The normalized spacial score (nSPS) is 17.6. The summed E-state index contributed by atoms with van der Waals surface area (Å²) in [7, 11) is 0. The molecule has 0 aliphatic carbocycles. The summed E-state index contributed by atoms with van der Waals surface area (Å²) in [5, 5.41) is 8.87. The van der Waals surface area contributed by atoms with Gasteiger partial charge in [0.05, 0.1) is 73.1 Å². The van der Waals surface area contributed by atoms with Crippen molar-refractivity contribution in [3.8, 4) is 0 Å². The van der Waals surface area contributed by atoms with E-state index in [-0.39, 0.29) is 47.0 Å². The number of likely N-dealkylation sites (tertiary alicyclic amines) is 1. The number of nitrogens with zero attached hydrogens (tertiary/aromatic N) is 4. The molecule has 3 aliphatic rings. The number of rotatable bonds is 22. The van der Waals surface area contributed by atoms with Crippen LogP contribution in [0.5, 0.6) is 0 Å². The zero-order chi connectivity index (χ0) is 42.6. The van der Waals surface area contributed by atoms with Crippen molar-refractivity contribution in [2.24, 2.45) is 5.92 Å². The SMILES string of the molecule is CC(C)(C)c1cnc(CSc2cnc(NC(=O)C3CCN(CC(=O)CCCOCCOCCOCCNc4cccc5c4C(=O)N(C4CCC(=O)NC4=O)C5=O)CC3)s2)o1. The molecule has 2 aromatic heterocycles. The summed E-state index contributed by atoms with van der Waals surface area (Å²) >= 11 is 3.00. The Morgan fingerprint density at radius 3 is 2.40 bits per heavy atom. The number of ether oxygens (including phenoxy) is 3. The summed E-state index contributed by atoms with van der Waals surface area (Å²) in [6.07, 6.45) is 6.11. The Labute approximate surface area is 357 Å². The number of nitrogens with one attached hydrogen (secondary N) is 3. The van der Waals surface area contributed by atoms with Gasteiger partial charge in [-0.1, -0.05) is 38.2 Å². The van der Waals surface area contributed by atoms with Crippen molar-refractivity contribution in [3.63, 3.8) is 0 Å². The van der Waals surface area contributed by atoms with E-state index in [2.05, 4.69) is 51.6 Å². The molecular formula is C41H53N7O10S2. The van der Waals surface area contributed by atoms with Crippen LogP contribution in [0.1, 0.15) is 91.7 Å². The van der Waals surface area contributed by atoms with Gasteiger partial charge in [-0.25, -0.2) is 9.97 Å². The number of thiazole rings is 1. The van der Waals surface area contributed by atoms with E-state index >= 15 is 0 Å². The summed E-state index contributed by atoms with van der Waals surface area (Å²) in [5.41, 5.74) is 0.782. The Morgan fingerprint density at radius 1 is 0.950 bits per heavy atom. The molecule has 2 fully saturated rings. The predicted molar refractivity (Wildman–Crippen MR) is 223 cm³/mol. The number of thioether (sulfide) groups is 1. The molecule has 0 bridgehead atoms. The Morgan fingerprint density at radius 2 is 1.68 bits per heavy atom. The number of hydrogen-bond donors (Lipinski definition) is 3. The smallest absolute Gasteiger partial charge is 0.264 e. The fourth-order valence-electron chi connectivity index (χ4n) is 6.96. The minimum atomic E-state index is -1.02. The number of carbonyl (C=O) groups is 6. The second-order valence-electron chi connectivity index (χ2n) is 15.8. The number of oxazole rings is 1. The number of imide groups is 2. The molecule has 324 valence electrons. The van der Waals surface area contributed by atoms with Crippen LogP contribution < -0.4 is 16.0 Å². The number of Topliss-reactive ketones (excluding diaryl/α,β-unsaturated/α-hetero) is 1. The molecule has 3 aromatic rings. The topological polar surface area (TPSA) is 212 Å². The number of ketones is 1. The molecule has 6 rings (SSSR count). The van der Waals surface area contributed by atoms with E-state index in [1.54, 1.807) is 42.4 Å². The first-order valence-corrected chi connectivity index (χ1v) is 22.1. The number of fused-ring (bicyclic) bond motifs is 1. The number of piperidine rings is 2. The van der Waals surface area contributed by atoms with Crippen LogP contribution in [0.4, 0.5) is 10.8 Å². The lowest BCUT2D eigenvalue weighted by Crippen LogP contribution is -2.54. The van der Waals surface area contributed by atoms with E-state index < -0.39 is 29.7 Å². The van der Waals surface area contributed by atoms with Crippen molar-refractivity contribution in [1.82, 2.24) is 25.1 Å². The van der Waals surface area contributed by atoms with Crippen molar-refractivity contribution in [2.45, 2.75) is 80.7 Å². The second kappa shape index (κ2) is 21.3. The van der Waals surface area contributed by atoms with Crippen molar-refractivity contribution in [2.75, 3.05) is 76.5 Å². The van der Waals surface area contributed by atoms with Gasteiger partial charge in [0.25, 0.3) is 11.8 Å². The number of carbonyl (C=O) groups excluding carboxylic acids is 6. The lowest BCUT2D eigenvalue weighted by molar-refractivity contribution is -0.136. The van der Waals surface area contributed by atoms with Gasteiger partial charge in [0.15, 0.2) is 5.13 Å². The summed E-state index contributed by atoms with van der Waals surface area (Å²) in [5.74, 6) is -0.105. The van der Waals surface area contributed by atoms with Gasteiger partial charge in [-0.15, -0.1) is 11.8 Å². The largest absolute Gasteiger partial charge is 0.444 e. The van der Waals surface area contributed by atoms with E-state index in [1.165, 1.54) is 11.3 Å². The first kappa shape index (κ1) is 45.0. The highest BCUT2D eigenvalue weighted by atomic mass is 32.2. The van der Waals surface area contributed by atoms with Crippen molar-refractivity contribution in [3.05, 3.63) is 53.4 Å². The number of benzene rings is 1. The van der Waals surface area contributed by atoms with Crippen LogP contribution in [0, 0.1) is 5.92 Å². The first-order valence-electron chi connectivity index (χ1n) is 20.3. The van der Waals surface area contributed by atoms with Gasteiger partial charge < -0.3 is 29.3 Å². The molecule has 3 aliphatic heterocycles. The number of hydrogen-bond acceptors (Lipinski definition) is 16. The highest BCUT2D eigenvalue weighted by Crippen LogP contribution is 2.34. The van der Waals surface area contributed by atoms with Gasteiger partial charge in [0.2, 0.25) is 23.6 Å². The van der Waals surface area contributed by atoms with Crippen LogP contribution in [0.3, 0.4) is 0 Å². The fraction of sp³-hybridized carbons (Fsp3) is 0.561. The average Bonchev–Trinajstić information content (AvgIpc) is 3.95. The Bertz CT molecular complexity index is 2010. The van der Waals surface area contributed by atoms with Crippen molar-refractivity contribution < 1.29 is 47.4 Å². The van der Waals surface area contributed by atoms with Gasteiger partial charge in [0.1, 0.15) is 17.6 Å². The lowest BCUT2D eigenvalue weighted by Gasteiger charge is -2.30. The second-order valence-corrected chi connectivity index (χ2v) is 18.1. The predicted octanol–water partition coefficient (Wildman–Crippen LogP) is 4.28. The third kappa shape index (κ3) is 12.3. The van der Waals surface area contributed by atoms with Crippen LogP contribution in [0.2, 0.25) is 0 Å². The van der Waals surface area contributed by atoms with Crippen molar-refractivity contribution >= 4 is 69.2 Å². The first-order chi connectivity index (χ1) is 28.9. The molecule has 60 heavy (non-hydrogen) atoms. The van der Waals surface area contributed by atoms with Crippen LogP contribution >= 0.6 is 23.1 Å². The maximum atomic E-state index is 13.2. The molecule has 1 unspecified atom stereocenters. The van der Waals surface area contributed by atoms with Gasteiger partial charge in [-0.05, 0) is 50.9 Å². The van der Waals surface area contributed by atoms with Crippen LogP contribution in [-0.2, 0) is 44.6 Å². The monoisotopic (exact) mass is 867 g/mol. The van der Waals surface area contributed by atoms with Gasteiger partial charge in [-0.2, -0.15) is 0 Å². The standard InChI is InChI=1S/C41H53N7O10S2/c1-41(2,3)31-22-43-33(58-31)25-59-34-23-44-40(60-34)46-36(51)26-11-14-47(15-12-26)24-27(49)6-5-16-55-18-20-57-21-19-56-17-13-42-29-8-4-7-28-35(29)39(54)48(38(28)53)30-9-10-32(50)45-37(30)52/h4,7-8,22-23,26,30,42H,5-6,9-21,24-25H2,1-3H3,(H,44,46,51)(H,45,50,52). The molecule has 3 N–H and O–H groups in total. The van der Waals surface area contributed by atoms with Gasteiger partial charge in [-0.3, -0.25) is 43.9 Å². The lowest BCUT2D eigenvalue weighted by atomic mass is 9.94. The average molecular weight is 868 g/mol. The van der Waals surface area contributed by atoms with E-state index in [9.17, 15) is 28.8 Å². The maximum Gasteiger partial charge on any atom is 0.264 e. The summed E-state index contributed by atoms with van der Waals surface area (Å²) in [4.78, 5) is 87.4. The summed E-state index contributed by atoms with van der Waals surface area (Å²) in [6, 6.07) is 3.88. The Hall–Kier alpha value is -4.53. The molecule has 1 atom stereocenters. The zero-order valence-electron chi connectivity index (χ0n) is 34.3. The van der Waals surface area contributed by atoms with Gasteiger partial charge >= 0.3 is 0 Å². The molecular weight excluding hydrogens is 815 g/mol. The van der Waals surface area contributed by atoms with Crippen LogP contribution in [0.25, 0.3) is 0 Å². The third-order valence-electron chi connectivity index (χ3n) is 10.2. The van der Waals surface area contributed by atoms with E-state index in [1.807, 2.05) is 0 Å². The summed E-state index contributed by atoms with van der Waals surface area (Å²) in [6.45, 7) is 10.6.